The van der Waals surface area contributed by atoms with Gasteiger partial charge in [-0.3, -0.25) is 0 Å². The number of carbonyl (C=O) groups is 2. The van der Waals surface area contributed by atoms with E-state index in [1.165, 1.54) is 36.6 Å². The molecule has 0 fully saturated rings. The Morgan fingerprint density at radius 3 is 2.30 bits per heavy atom. The fourth-order valence-electron chi connectivity index (χ4n) is 2.38. The number of benzene rings is 1. The quantitative estimate of drug-likeness (QED) is 0.743. The molecule has 0 saturated heterocycles. The predicted octanol–water partition coefficient (Wildman–Crippen LogP) is 3.38. The van der Waals surface area contributed by atoms with E-state index < -0.39 is 24.1 Å². The highest BCUT2D eigenvalue weighted by Gasteiger charge is 2.34. The van der Waals surface area contributed by atoms with Gasteiger partial charge in [0.1, 0.15) is 5.70 Å². The highest BCUT2D eigenvalue weighted by atomic mass is 19.4. The van der Waals surface area contributed by atoms with E-state index in [2.05, 4.69) is 9.47 Å². The first-order valence-corrected chi connectivity index (χ1v) is 7.59. The minimum atomic E-state index is -4.95. The Hall–Kier alpha value is -3.23. The summed E-state index contributed by atoms with van der Waals surface area (Å²) in [5, 5.41) is 0. The van der Waals surface area contributed by atoms with Crippen LogP contribution in [0.15, 0.2) is 53.9 Å². The number of rotatable bonds is 4. The maximum Gasteiger partial charge on any atom is 0.573 e. The summed E-state index contributed by atoms with van der Waals surface area (Å²) < 4.78 is 51.9. The Morgan fingerprint density at radius 1 is 1.04 bits per heavy atom. The number of methoxy groups -OCH3 is 2. The van der Waals surface area contributed by atoms with Crippen LogP contribution in [0.3, 0.4) is 0 Å². The summed E-state index contributed by atoms with van der Waals surface area (Å²) in [6.07, 6.45) is 0.553. The molecule has 0 aromatic heterocycles. The lowest BCUT2D eigenvalue weighted by Gasteiger charge is -2.25. The van der Waals surface area contributed by atoms with Crippen molar-refractivity contribution >= 4 is 17.6 Å². The minimum Gasteiger partial charge on any atom is -0.465 e. The van der Waals surface area contributed by atoms with Crippen molar-refractivity contribution in [2.24, 2.45) is 0 Å². The lowest BCUT2D eigenvalue weighted by atomic mass is 10.1. The summed E-state index contributed by atoms with van der Waals surface area (Å²) in [6.45, 7) is 1.66. The van der Waals surface area contributed by atoms with Gasteiger partial charge >= 0.3 is 18.3 Å². The number of nitrogens with zero attached hydrogens (tertiary/aromatic N) is 1. The molecule has 1 heterocycles. The number of hydrogen-bond acceptors (Lipinski definition) is 6. The monoisotopic (exact) mass is 383 g/mol. The zero-order valence-corrected chi connectivity index (χ0v) is 14.7. The van der Waals surface area contributed by atoms with Crippen molar-refractivity contribution in [3.8, 4) is 5.75 Å². The number of carbonyl (C=O) groups excluding carboxylic acids is 2. The first-order valence-electron chi connectivity index (χ1n) is 7.59. The molecule has 27 heavy (non-hydrogen) atoms. The Kier molecular flexibility index (Phi) is 5.94. The summed E-state index contributed by atoms with van der Waals surface area (Å²) in [4.78, 5) is 25.5. The molecule has 6 nitrogen and oxygen atoms in total. The number of ether oxygens (including phenoxy) is 3. The largest absolute Gasteiger partial charge is 0.573 e. The van der Waals surface area contributed by atoms with Gasteiger partial charge in [0.2, 0.25) is 0 Å². The van der Waals surface area contributed by atoms with E-state index in [4.69, 9.17) is 4.74 Å². The molecule has 144 valence electrons. The van der Waals surface area contributed by atoms with E-state index in [9.17, 15) is 22.8 Å². The van der Waals surface area contributed by atoms with E-state index in [1.54, 1.807) is 6.92 Å². The summed E-state index contributed by atoms with van der Waals surface area (Å²) >= 11 is 0. The van der Waals surface area contributed by atoms with Crippen molar-refractivity contribution in [3.63, 3.8) is 0 Å². The summed E-state index contributed by atoms with van der Waals surface area (Å²) in [7, 11) is 2.20. The SMILES string of the molecule is COC(=O)C1=C(C(=O)OC)N(c2cc(C)ccc2OC(F)(F)F)C=CC=C1. The summed E-state index contributed by atoms with van der Waals surface area (Å²) in [5.74, 6) is -2.34. The molecule has 0 atom stereocenters. The highest BCUT2D eigenvalue weighted by Crippen LogP contribution is 2.37. The van der Waals surface area contributed by atoms with Gasteiger partial charge in [0.15, 0.2) is 5.75 Å². The van der Waals surface area contributed by atoms with Crippen LogP contribution >= 0.6 is 0 Å². The normalized spacial score (nSPS) is 14.1. The number of alkyl halides is 3. The van der Waals surface area contributed by atoms with Gasteiger partial charge in [-0.05, 0) is 36.8 Å². The second-order valence-corrected chi connectivity index (χ2v) is 5.34. The highest BCUT2D eigenvalue weighted by molar-refractivity contribution is 6.05. The van der Waals surface area contributed by atoms with Gasteiger partial charge in [0, 0.05) is 6.20 Å². The average Bonchev–Trinajstić information content (AvgIpc) is 2.83. The molecule has 0 unspecified atom stereocenters. The number of esters is 2. The minimum absolute atomic E-state index is 0.103. The molecule has 0 radical (unpaired) electrons. The van der Waals surface area contributed by atoms with Crippen molar-refractivity contribution in [1.82, 2.24) is 0 Å². The number of hydrogen-bond donors (Lipinski definition) is 0. The van der Waals surface area contributed by atoms with Crippen LogP contribution < -0.4 is 9.64 Å². The Bertz CT molecular complexity index is 840. The predicted molar refractivity (Wildman–Crippen MR) is 89.7 cm³/mol. The smallest absolute Gasteiger partial charge is 0.465 e. The third-order valence-electron chi connectivity index (χ3n) is 3.49. The Balaban J connectivity index is 2.72. The molecule has 0 bridgehead atoms. The molecule has 0 N–H and O–H groups in total. The van der Waals surface area contributed by atoms with Gasteiger partial charge < -0.3 is 19.1 Å². The fraction of sp³-hybridized carbons (Fsp3) is 0.222. The second-order valence-electron chi connectivity index (χ2n) is 5.34. The molecule has 9 heteroatoms. The first-order chi connectivity index (χ1) is 12.7. The molecule has 0 spiro atoms. The van der Waals surface area contributed by atoms with Crippen molar-refractivity contribution in [2.45, 2.75) is 13.3 Å². The Labute approximate surface area is 153 Å². The fourth-order valence-corrected chi connectivity index (χ4v) is 2.38. The van der Waals surface area contributed by atoms with Crippen LogP contribution in [-0.2, 0) is 19.1 Å². The van der Waals surface area contributed by atoms with Crippen LogP contribution in [0.2, 0.25) is 0 Å². The standard InChI is InChI=1S/C18H16F3NO5/c1-11-7-8-14(27-18(19,20)21)13(10-11)22-9-5-4-6-12(16(23)25-2)15(22)17(24)26-3/h4-10H,1-3H3. The second kappa shape index (κ2) is 7.98. The van der Waals surface area contributed by atoms with Crippen LogP contribution in [0, 0.1) is 6.92 Å². The molecular weight excluding hydrogens is 367 g/mol. The molecule has 0 saturated carbocycles. The third kappa shape index (κ3) is 4.69. The first kappa shape index (κ1) is 20.1. The lowest BCUT2D eigenvalue weighted by molar-refractivity contribution is -0.274. The van der Waals surface area contributed by atoms with Crippen molar-refractivity contribution in [3.05, 3.63) is 59.5 Å². The van der Waals surface area contributed by atoms with Crippen molar-refractivity contribution < 1.29 is 37.0 Å². The van der Waals surface area contributed by atoms with E-state index in [1.807, 2.05) is 0 Å². The molecular formula is C18H16F3NO5. The van der Waals surface area contributed by atoms with Gasteiger partial charge in [0.25, 0.3) is 0 Å². The average molecular weight is 383 g/mol. The van der Waals surface area contributed by atoms with E-state index >= 15 is 0 Å². The van der Waals surface area contributed by atoms with Crippen LogP contribution in [0.4, 0.5) is 18.9 Å². The van der Waals surface area contributed by atoms with E-state index in [-0.39, 0.29) is 17.0 Å². The van der Waals surface area contributed by atoms with Gasteiger partial charge in [-0.2, -0.15) is 0 Å². The molecule has 0 aliphatic carbocycles. The maximum atomic E-state index is 12.8. The van der Waals surface area contributed by atoms with Gasteiger partial charge in [-0.25, -0.2) is 9.59 Å². The lowest BCUT2D eigenvalue weighted by Crippen LogP contribution is -2.28. The van der Waals surface area contributed by atoms with E-state index in [0.717, 1.165) is 25.2 Å². The van der Waals surface area contributed by atoms with Crippen LogP contribution in [0.25, 0.3) is 0 Å². The number of aryl methyl sites for hydroxylation is 1. The summed E-state index contributed by atoms with van der Waals surface area (Å²) in [6, 6.07) is 3.93. The maximum absolute atomic E-state index is 12.8. The topological polar surface area (TPSA) is 65.1 Å². The molecule has 1 aromatic rings. The van der Waals surface area contributed by atoms with Gasteiger partial charge in [-0.1, -0.05) is 12.1 Å². The van der Waals surface area contributed by atoms with Crippen molar-refractivity contribution in [1.29, 1.82) is 0 Å². The number of halogens is 3. The number of anilines is 1. The number of allylic oxidation sites excluding steroid dienone is 2. The van der Waals surface area contributed by atoms with E-state index in [0.29, 0.717) is 5.56 Å². The Morgan fingerprint density at radius 2 is 1.70 bits per heavy atom. The molecule has 1 aromatic carbocycles. The molecule has 2 rings (SSSR count). The summed E-state index contributed by atoms with van der Waals surface area (Å²) in [5.41, 5.74) is 0.00355. The molecule has 1 aliphatic heterocycles. The zero-order valence-electron chi connectivity index (χ0n) is 14.7. The van der Waals surface area contributed by atoms with Crippen molar-refractivity contribution in [2.75, 3.05) is 19.1 Å². The van der Waals surface area contributed by atoms with Gasteiger partial charge in [-0.15, -0.1) is 13.2 Å². The van der Waals surface area contributed by atoms with Crippen LogP contribution in [0.1, 0.15) is 5.56 Å². The van der Waals surface area contributed by atoms with Crippen LogP contribution in [-0.4, -0.2) is 32.5 Å². The molecule has 1 aliphatic rings. The molecule has 0 amide bonds. The van der Waals surface area contributed by atoms with Gasteiger partial charge in [0.05, 0.1) is 25.5 Å². The van der Waals surface area contributed by atoms with Crippen LogP contribution in [0.5, 0.6) is 5.75 Å². The zero-order chi connectivity index (χ0) is 20.2. The third-order valence-corrected chi connectivity index (χ3v) is 3.49.